The second-order valence-corrected chi connectivity index (χ2v) is 5.56. The van der Waals surface area contributed by atoms with Crippen molar-refractivity contribution in [2.45, 2.75) is 50.6 Å². The van der Waals surface area contributed by atoms with Gasteiger partial charge in [-0.2, -0.15) is 0 Å². The summed E-state index contributed by atoms with van der Waals surface area (Å²) in [5.74, 6) is -0.653. The van der Waals surface area contributed by atoms with Gasteiger partial charge in [0.2, 0.25) is 0 Å². The molecule has 1 heterocycles. The molecule has 0 amide bonds. The van der Waals surface area contributed by atoms with Crippen LogP contribution >= 0.6 is 0 Å². The van der Waals surface area contributed by atoms with E-state index in [1.54, 1.807) is 0 Å². The molecule has 1 saturated heterocycles. The summed E-state index contributed by atoms with van der Waals surface area (Å²) >= 11 is 0. The number of rotatable bonds is 2. The highest BCUT2D eigenvalue weighted by atomic mass is 16.5. The normalized spacial score (nSPS) is 29.1. The molecule has 92 valence electrons. The SMILES string of the molecule is CC1(C)COCCN1C1(C(=O)O)CCCC1. The number of nitrogens with zero attached hydrogens (tertiary/aromatic N) is 1. The van der Waals surface area contributed by atoms with Crippen LogP contribution in [0, 0.1) is 0 Å². The van der Waals surface area contributed by atoms with Gasteiger partial charge in [-0.05, 0) is 26.7 Å². The molecule has 4 nitrogen and oxygen atoms in total. The maximum absolute atomic E-state index is 11.6. The Kier molecular flexibility index (Phi) is 2.97. The van der Waals surface area contributed by atoms with Crippen LogP contribution in [0.15, 0.2) is 0 Å². The van der Waals surface area contributed by atoms with Crippen LogP contribution < -0.4 is 0 Å². The molecule has 16 heavy (non-hydrogen) atoms. The minimum Gasteiger partial charge on any atom is -0.480 e. The molecule has 1 aliphatic carbocycles. The summed E-state index contributed by atoms with van der Waals surface area (Å²) < 4.78 is 5.46. The number of hydrogen-bond donors (Lipinski definition) is 1. The summed E-state index contributed by atoms with van der Waals surface area (Å²) in [6.07, 6.45) is 3.62. The van der Waals surface area contributed by atoms with Crippen LogP contribution in [0.25, 0.3) is 0 Å². The van der Waals surface area contributed by atoms with Crippen LogP contribution in [0.5, 0.6) is 0 Å². The Balaban J connectivity index is 2.28. The Morgan fingerprint density at radius 1 is 1.31 bits per heavy atom. The summed E-state index contributed by atoms with van der Waals surface area (Å²) in [5, 5.41) is 9.57. The molecule has 0 aromatic heterocycles. The first-order valence-corrected chi connectivity index (χ1v) is 6.08. The number of hydrogen-bond acceptors (Lipinski definition) is 3. The second kappa shape index (κ2) is 4.00. The quantitative estimate of drug-likeness (QED) is 0.776. The lowest BCUT2D eigenvalue weighted by atomic mass is 9.88. The van der Waals surface area contributed by atoms with Gasteiger partial charge < -0.3 is 9.84 Å². The largest absolute Gasteiger partial charge is 0.480 e. The van der Waals surface area contributed by atoms with Gasteiger partial charge >= 0.3 is 5.97 Å². The van der Waals surface area contributed by atoms with Crippen molar-refractivity contribution in [2.75, 3.05) is 19.8 Å². The zero-order valence-electron chi connectivity index (χ0n) is 10.2. The van der Waals surface area contributed by atoms with E-state index in [9.17, 15) is 9.90 Å². The maximum Gasteiger partial charge on any atom is 0.324 e. The lowest BCUT2D eigenvalue weighted by Crippen LogP contribution is -2.65. The lowest BCUT2D eigenvalue weighted by Gasteiger charge is -2.50. The van der Waals surface area contributed by atoms with Crippen molar-refractivity contribution in [1.29, 1.82) is 0 Å². The third kappa shape index (κ3) is 1.74. The van der Waals surface area contributed by atoms with Gasteiger partial charge in [0.15, 0.2) is 0 Å². The van der Waals surface area contributed by atoms with Crippen molar-refractivity contribution < 1.29 is 14.6 Å². The van der Waals surface area contributed by atoms with Gasteiger partial charge in [0.25, 0.3) is 0 Å². The van der Waals surface area contributed by atoms with E-state index < -0.39 is 11.5 Å². The maximum atomic E-state index is 11.6. The molecule has 0 aromatic rings. The highest BCUT2D eigenvalue weighted by Gasteiger charge is 2.52. The zero-order chi connectivity index (χ0) is 11.8. The van der Waals surface area contributed by atoms with Gasteiger partial charge in [-0.1, -0.05) is 12.8 Å². The molecule has 0 spiro atoms. The minimum atomic E-state index is -0.653. The summed E-state index contributed by atoms with van der Waals surface area (Å²) in [6, 6.07) is 0. The van der Waals surface area contributed by atoms with Crippen molar-refractivity contribution in [3.8, 4) is 0 Å². The third-order valence-corrected chi connectivity index (χ3v) is 3.99. The van der Waals surface area contributed by atoms with Gasteiger partial charge in [-0.3, -0.25) is 9.69 Å². The van der Waals surface area contributed by atoms with Crippen molar-refractivity contribution in [1.82, 2.24) is 4.90 Å². The fraction of sp³-hybridized carbons (Fsp3) is 0.917. The zero-order valence-corrected chi connectivity index (χ0v) is 10.2. The first-order chi connectivity index (χ1) is 7.49. The molecule has 4 heteroatoms. The predicted molar refractivity (Wildman–Crippen MR) is 60.4 cm³/mol. The molecule has 0 aromatic carbocycles. The van der Waals surface area contributed by atoms with E-state index in [2.05, 4.69) is 18.7 Å². The van der Waals surface area contributed by atoms with Crippen LogP contribution in [-0.2, 0) is 9.53 Å². The molecule has 0 unspecified atom stereocenters. The summed E-state index contributed by atoms with van der Waals surface area (Å²) in [4.78, 5) is 13.8. The molecule has 1 aliphatic heterocycles. The van der Waals surface area contributed by atoms with Crippen molar-refractivity contribution in [3.05, 3.63) is 0 Å². The number of carboxylic acid groups (broad SMARTS) is 1. The minimum absolute atomic E-state index is 0.166. The number of morpholine rings is 1. The number of ether oxygens (including phenoxy) is 1. The van der Waals surface area contributed by atoms with Crippen molar-refractivity contribution >= 4 is 5.97 Å². The summed E-state index contributed by atoms with van der Waals surface area (Å²) in [5.41, 5.74) is -0.797. The standard InChI is InChI=1S/C12H21NO3/c1-11(2)9-16-8-7-13(11)12(10(14)15)5-3-4-6-12/h3-9H2,1-2H3,(H,14,15). The number of carbonyl (C=O) groups is 1. The first-order valence-electron chi connectivity index (χ1n) is 6.08. The van der Waals surface area contributed by atoms with E-state index in [0.717, 1.165) is 32.2 Å². The first kappa shape index (κ1) is 11.9. The summed E-state index contributed by atoms with van der Waals surface area (Å²) in [6.45, 7) is 6.17. The van der Waals surface area contributed by atoms with E-state index in [1.165, 1.54) is 0 Å². The molecule has 1 N–H and O–H groups in total. The van der Waals surface area contributed by atoms with Crippen molar-refractivity contribution in [2.24, 2.45) is 0 Å². The Labute approximate surface area is 96.6 Å². The Bertz CT molecular complexity index is 282. The smallest absolute Gasteiger partial charge is 0.324 e. The van der Waals surface area contributed by atoms with Crippen LogP contribution in [0.3, 0.4) is 0 Å². The van der Waals surface area contributed by atoms with Gasteiger partial charge in [-0.25, -0.2) is 0 Å². The van der Waals surface area contributed by atoms with Crippen LogP contribution in [0.4, 0.5) is 0 Å². The van der Waals surface area contributed by atoms with Gasteiger partial charge in [0, 0.05) is 12.1 Å². The molecule has 2 fully saturated rings. The molecule has 2 aliphatic rings. The Hall–Kier alpha value is -0.610. The molecule has 0 atom stereocenters. The van der Waals surface area contributed by atoms with Gasteiger partial charge in [0.1, 0.15) is 5.54 Å². The van der Waals surface area contributed by atoms with Crippen LogP contribution in [-0.4, -0.2) is 46.8 Å². The molecule has 2 rings (SSSR count). The second-order valence-electron chi connectivity index (χ2n) is 5.56. The van der Waals surface area contributed by atoms with E-state index in [4.69, 9.17) is 4.74 Å². The van der Waals surface area contributed by atoms with E-state index in [-0.39, 0.29) is 5.54 Å². The lowest BCUT2D eigenvalue weighted by molar-refractivity contribution is -0.166. The fourth-order valence-electron chi connectivity index (χ4n) is 3.21. The monoisotopic (exact) mass is 227 g/mol. The topological polar surface area (TPSA) is 49.8 Å². The third-order valence-electron chi connectivity index (χ3n) is 3.99. The molecule has 0 radical (unpaired) electrons. The average molecular weight is 227 g/mol. The Morgan fingerprint density at radius 2 is 1.94 bits per heavy atom. The fourth-order valence-corrected chi connectivity index (χ4v) is 3.21. The molecule has 1 saturated carbocycles. The van der Waals surface area contributed by atoms with E-state index >= 15 is 0 Å². The van der Waals surface area contributed by atoms with E-state index in [0.29, 0.717) is 13.2 Å². The van der Waals surface area contributed by atoms with Gasteiger partial charge in [0.05, 0.1) is 13.2 Å². The number of aliphatic carboxylic acids is 1. The van der Waals surface area contributed by atoms with Gasteiger partial charge in [-0.15, -0.1) is 0 Å². The van der Waals surface area contributed by atoms with Crippen molar-refractivity contribution in [3.63, 3.8) is 0 Å². The Morgan fingerprint density at radius 3 is 2.44 bits per heavy atom. The predicted octanol–water partition coefficient (Wildman–Crippen LogP) is 1.49. The average Bonchev–Trinajstić information content (AvgIpc) is 2.66. The molecule has 0 bridgehead atoms. The number of carboxylic acids is 1. The highest BCUT2D eigenvalue weighted by molar-refractivity contribution is 5.79. The molecular weight excluding hydrogens is 206 g/mol. The summed E-state index contributed by atoms with van der Waals surface area (Å²) in [7, 11) is 0. The van der Waals surface area contributed by atoms with E-state index in [1.807, 2.05) is 0 Å². The highest BCUT2D eigenvalue weighted by Crippen LogP contribution is 2.40. The van der Waals surface area contributed by atoms with Crippen LogP contribution in [0.1, 0.15) is 39.5 Å². The van der Waals surface area contributed by atoms with Crippen LogP contribution in [0.2, 0.25) is 0 Å². The molecular formula is C12H21NO3.